The van der Waals surface area contributed by atoms with Gasteiger partial charge in [-0.3, -0.25) is 4.79 Å². The predicted octanol–water partition coefficient (Wildman–Crippen LogP) is 2.46. The third-order valence-electron chi connectivity index (χ3n) is 3.40. The number of carbonyl (C=O) groups excluding carboxylic acids is 1. The number of hydrogen-bond acceptors (Lipinski definition) is 3. The lowest BCUT2D eigenvalue weighted by Gasteiger charge is -2.29. The number of benzene rings is 1. The van der Waals surface area contributed by atoms with E-state index in [2.05, 4.69) is 19.2 Å². The van der Waals surface area contributed by atoms with Crippen LogP contribution in [0.25, 0.3) is 0 Å². The van der Waals surface area contributed by atoms with Gasteiger partial charge in [-0.1, -0.05) is 26.0 Å². The van der Waals surface area contributed by atoms with Gasteiger partial charge in [0.15, 0.2) is 6.61 Å². The molecule has 4 nitrogen and oxygen atoms in total. The summed E-state index contributed by atoms with van der Waals surface area (Å²) in [6.45, 7) is 9.35. The molecule has 0 radical (unpaired) electrons. The van der Waals surface area contributed by atoms with Gasteiger partial charge in [0.05, 0.1) is 11.6 Å². The van der Waals surface area contributed by atoms with Crippen molar-refractivity contribution in [3.8, 4) is 5.75 Å². The van der Waals surface area contributed by atoms with Crippen LogP contribution in [0, 0.1) is 0 Å². The van der Waals surface area contributed by atoms with Gasteiger partial charge in [-0.15, -0.1) is 0 Å². The van der Waals surface area contributed by atoms with E-state index in [0.717, 1.165) is 0 Å². The normalized spacial score (nSPS) is 13.2. The molecular formula is C16H25NO3. The van der Waals surface area contributed by atoms with Gasteiger partial charge in [-0.25, -0.2) is 0 Å². The molecule has 0 aliphatic heterocycles. The van der Waals surface area contributed by atoms with E-state index in [1.54, 1.807) is 20.8 Å². The predicted molar refractivity (Wildman–Crippen MR) is 79.9 cm³/mol. The summed E-state index contributed by atoms with van der Waals surface area (Å²) in [5.41, 5.74) is 0.507. The molecule has 1 amide bonds. The Bertz CT molecular complexity index is 453. The maximum atomic E-state index is 11.8. The lowest BCUT2D eigenvalue weighted by Crippen LogP contribution is -2.52. The van der Waals surface area contributed by atoms with Gasteiger partial charge in [-0.05, 0) is 44.4 Å². The molecule has 0 spiro atoms. The standard InChI is InChI=1S/C16H25NO3/c1-11(2)13-7-6-8-14(9-13)20-10-15(19)17-16(4,5)12(3)18/h6-9,11-12,18H,10H2,1-5H3,(H,17,19). The van der Waals surface area contributed by atoms with Crippen LogP contribution >= 0.6 is 0 Å². The SMILES string of the molecule is CC(C)c1cccc(OCC(=O)NC(C)(C)C(C)O)c1. The molecule has 20 heavy (non-hydrogen) atoms. The Balaban J connectivity index is 2.55. The average Bonchev–Trinajstić information content (AvgIpc) is 2.36. The fraction of sp³-hybridized carbons (Fsp3) is 0.562. The van der Waals surface area contributed by atoms with Crippen molar-refractivity contribution in [2.75, 3.05) is 6.61 Å². The molecule has 0 saturated carbocycles. The van der Waals surface area contributed by atoms with Crippen molar-refractivity contribution < 1.29 is 14.6 Å². The lowest BCUT2D eigenvalue weighted by atomic mass is 9.99. The van der Waals surface area contributed by atoms with Crippen LogP contribution in [0.1, 0.15) is 46.1 Å². The first kappa shape index (κ1) is 16.5. The van der Waals surface area contributed by atoms with Crippen LogP contribution < -0.4 is 10.1 Å². The second kappa shape index (κ2) is 6.75. The second-order valence-corrected chi connectivity index (χ2v) is 5.96. The first-order valence-corrected chi connectivity index (χ1v) is 6.94. The zero-order valence-electron chi connectivity index (χ0n) is 12.9. The van der Waals surface area contributed by atoms with E-state index in [1.165, 1.54) is 5.56 Å². The Kier molecular flexibility index (Phi) is 5.57. The molecule has 0 heterocycles. The van der Waals surface area contributed by atoms with Crippen LogP contribution in [0.4, 0.5) is 0 Å². The number of aliphatic hydroxyl groups is 1. The molecule has 0 saturated heterocycles. The van der Waals surface area contributed by atoms with Gasteiger partial charge in [-0.2, -0.15) is 0 Å². The number of nitrogens with one attached hydrogen (secondary N) is 1. The largest absolute Gasteiger partial charge is 0.484 e. The molecule has 0 aliphatic rings. The van der Waals surface area contributed by atoms with Crippen molar-refractivity contribution in [2.24, 2.45) is 0 Å². The van der Waals surface area contributed by atoms with Crippen LogP contribution in [0.2, 0.25) is 0 Å². The molecule has 0 aromatic heterocycles. The third kappa shape index (κ3) is 4.85. The van der Waals surface area contributed by atoms with E-state index in [-0.39, 0.29) is 12.5 Å². The van der Waals surface area contributed by atoms with Crippen LogP contribution in [-0.4, -0.2) is 29.3 Å². The van der Waals surface area contributed by atoms with Gasteiger partial charge >= 0.3 is 0 Å². The first-order chi connectivity index (χ1) is 9.22. The zero-order valence-corrected chi connectivity index (χ0v) is 12.9. The molecular weight excluding hydrogens is 254 g/mol. The van der Waals surface area contributed by atoms with Crippen LogP contribution in [0.3, 0.4) is 0 Å². The van der Waals surface area contributed by atoms with Crippen LogP contribution in [0.5, 0.6) is 5.75 Å². The molecule has 1 unspecified atom stereocenters. The van der Waals surface area contributed by atoms with Crippen molar-refractivity contribution >= 4 is 5.91 Å². The highest BCUT2D eigenvalue weighted by Crippen LogP contribution is 2.20. The average molecular weight is 279 g/mol. The molecule has 0 bridgehead atoms. The quantitative estimate of drug-likeness (QED) is 0.841. The van der Waals surface area contributed by atoms with Gasteiger partial charge in [0.1, 0.15) is 5.75 Å². The number of hydrogen-bond donors (Lipinski definition) is 2. The number of carbonyl (C=O) groups is 1. The van der Waals surface area contributed by atoms with Crippen LogP contribution in [-0.2, 0) is 4.79 Å². The Labute approximate surface area is 121 Å². The fourth-order valence-electron chi connectivity index (χ4n) is 1.61. The summed E-state index contributed by atoms with van der Waals surface area (Å²) in [7, 11) is 0. The molecule has 112 valence electrons. The molecule has 2 N–H and O–H groups in total. The summed E-state index contributed by atoms with van der Waals surface area (Å²) in [6, 6.07) is 7.73. The Hall–Kier alpha value is -1.55. The first-order valence-electron chi connectivity index (χ1n) is 6.94. The van der Waals surface area contributed by atoms with Gasteiger partial charge < -0.3 is 15.2 Å². The van der Waals surface area contributed by atoms with Crippen LogP contribution in [0.15, 0.2) is 24.3 Å². The van der Waals surface area contributed by atoms with E-state index >= 15 is 0 Å². The summed E-state index contributed by atoms with van der Waals surface area (Å²) in [5, 5.41) is 12.3. The molecule has 0 aliphatic carbocycles. The minimum Gasteiger partial charge on any atom is -0.484 e. The number of aliphatic hydroxyl groups excluding tert-OH is 1. The van der Waals surface area contributed by atoms with Crippen molar-refractivity contribution in [1.82, 2.24) is 5.32 Å². The summed E-state index contributed by atoms with van der Waals surface area (Å²) in [4.78, 5) is 11.8. The van der Waals surface area contributed by atoms with Crippen molar-refractivity contribution in [3.05, 3.63) is 29.8 Å². The minimum atomic E-state index is -0.666. The summed E-state index contributed by atoms with van der Waals surface area (Å²) >= 11 is 0. The topological polar surface area (TPSA) is 58.6 Å². The monoisotopic (exact) mass is 279 g/mol. The fourth-order valence-corrected chi connectivity index (χ4v) is 1.61. The molecule has 1 atom stereocenters. The molecule has 1 aromatic carbocycles. The number of amides is 1. The van der Waals surface area contributed by atoms with E-state index in [4.69, 9.17) is 4.74 Å². The highest BCUT2D eigenvalue weighted by Gasteiger charge is 2.25. The molecule has 1 aromatic rings. The van der Waals surface area contributed by atoms with E-state index in [0.29, 0.717) is 11.7 Å². The molecule has 0 fully saturated rings. The molecule has 1 rings (SSSR count). The van der Waals surface area contributed by atoms with E-state index in [1.807, 2.05) is 24.3 Å². The van der Waals surface area contributed by atoms with Crippen molar-refractivity contribution in [2.45, 2.75) is 52.2 Å². The van der Waals surface area contributed by atoms with E-state index in [9.17, 15) is 9.90 Å². The second-order valence-electron chi connectivity index (χ2n) is 5.96. The highest BCUT2D eigenvalue weighted by molar-refractivity contribution is 5.78. The minimum absolute atomic E-state index is 0.0578. The maximum Gasteiger partial charge on any atom is 0.258 e. The number of rotatable bonds is 6. The number of ether oxygens (including phenoxy) is 1. The Morgan fingerprint density at radius 1 is 1.35 bits per heavy atom. The summed E-state index contributed by atoms with van der Waals surface area (Å²) in [5.74, 6) is 0.855. The Morgan fingerprint density at radius 3 is 2.55 bits per heavy atom. The zero-order chi connectivity index (χ0) is 15.3. The van der Waals surface area contributed by atoms with Gasteiger partial charge in [0, 0.05) is 0 Å². The maximum absolute atomic E-state index is 11.8. The highest BCUT2D eigenvalue weighted by atomic mass is 16.5. The van der Waals surface area contributed by atoms with Gasteiger partial charge in [0.25, 0.3) is 5.91 Å². The third-order valence-corrected chi connectivity index (χ3v) is 3.40. The smallest absolute Gasteiger partial charge is 0.258 e. The van der Waals surface area contributed by atoms with Gasteiger partial charge in [0.2, 0.25) is 0 Å². The lowest BCUT2D eigenvalue weighted by molar-refractivity contribution is -0.126. The molecule has 4 heteroatoms. The summed E-state index contributed by atoms with van der Waals surface area (Å²) < 4.78 is 5.49. The van der Waals surface area contributed by atoms with E-state index < -0.39 is 11.6 Å². The summed E-state index contributed by atoms with van der Waals surface area (Å²) in [6.07, 6.45) is -0.629. The Morgan fingerprint density at radius 2 is 2.00 bits per heavy atom. The van der Waals surface area contributed by atoms with Crippen molar-refractivity contribution in [1.29, 1.82) is 0 Å². The van der Waals surface area contributed by atoms with Crippen molar-refractivity contribution in [3.63, 3.8) is 0 Å².